The standard InChI is InChI=1S/C15H22N2O4/c1-9(2)12(13(19)20)16-14(21)15(4,5)17-7-6-10(3)8-11(17)18/h6-9,12H,1-5H3,(H,16,21)(H,19,20). The summed E-state index contributed by atoms with van der Waals surface area (Å²) in [5, 5.41) is 11.6. The fourth-order valence-electron chi connectivity index (χ4n) is 1.98. The largest absolute Gasteiger partial charge is 0.480 e. The summed E-state index contributed by atoms with van der Waals surface area (Å²) in [5.74, 6) is -1.85. The van der Waals surface area contributed by atoms with Crippen molar-refractivity contribution in [2.24, 2.45) is 5.92 Å². The molecule has 0 aromatic carbocycles. The molecule has 2 N–H and O–H groups in total. The second-order valence-corrected chi connectivity index (χ2v) is 6.00. The summed E-state index contributed by atoms with van der Waals surface area (Å²) >= 11 is 0. The number of aliphatic carboxylic acids is 1. The number of nitrogens with one attached hydrogen (secondary N) is 1. The van der Waals surface area contributed by atoms with Gasteiger partial charge in [-0.3, -0.25) is 9.59 Å². The van der Waals surface area contributed by atoms with Crippen molar-refractivity contribution in [2.45, 2.75) is 46.2 Å². The van der Waals surface area contributed by atoms with Gasteiger partial charge >= 0.3 is 5.97 Å². The Bertz CT molecular complexity index is 602. The van der Waals surface area contributed by atoms with Crippen LogP contribution in [0.5, 0.6) is 0 Å². The molecule has 0 radical (unpaired) electrons. The monoisotopic (exact) mass is 294 g/mol. The first-order valence-electron chi connectivity index (χ1n) is 6.81. The van der Waals surface area contributed by atoms with Crippen LogP contribution in [0.1, 0.15) is 33.3 Å². The van der Waals surface area contributed by atoms with Crippen molar-refractivity contribution in [3.8, 4) is 0 Å². The SMILES string of the molecule is Cc1ccn(C(C)(C)C(=O)NC(C(=O)O)C(C)C)c(=O)c1. The van der Waals surface area contributed by atoms with Gasteiger partial charge in [-0.25, -0.2) is 4.79 Å². The number of carbonyl (C=O) groups is 2. The molecule has 21 heavy (non-hydrogen) atoms. The molecule has 0 saturated carbocycles. The predicted molar refractivity (Wildman–Crippen MR) is 79.2 cm³/mol. The number of hydrogen-bond donors (Lipinski definition) is 2. The highest BCUT2D eigenvalue weighted by molar-refractivity contribution is 5.88. The van der Waals surface area contributed by atoms with E-state index < -0.39 is 23.5 Å². The number of aromatic nitrogens is 1. The van der Waals surface area contributed by atoms with Crippen LogP contribution in [0.2, 0.25) is 0 Å². The molecule has 1 atom stereocenters. The van der Waals surface area contributed by atoms with E-state index in [9.17, 15) is 14.4 Å². The minimum Gasteiger partial charge on any atom is -0.480 e. The van der Waals surface area contributed by atoms with Crippen molar-refractivity contribution in [3.05, 3.63) is 34.2 Å². The van der Waals surface area contributed by atoms with Crippen LogP contribution in [0.4, 0.5) is 0 Å². The Hall–Kier alpha value is -2.11. The molecule has 6 nitrogen and oxygen atoms in total. The lowest BCUT2D eigenvalue weighted by atomic mass is 9.99. The van der Waals surface area contributed by atoms with Crippen molar-refractivity contribution < 1.29 is 14.7 Å². The zero-order chi connectivity index (χ0) is 16.4. The van der Waals surface area contributed by atoms with E-state index in [1.807, 2.05) is 0 Å². The quantitative estimate of drug-likeness (QED) is 0.851. The molecule has 1 aromatic heterocycles. The molecule has 0 aliphatic carbocycles. The molecule has 1 unspecified atom stereocenters. The van der Waals surface area contributed by atoms with E-state index in [0.29, 0.717) is 0 Å². The van der Waals surface area contributed by atoms with Gasteiger partial charge in [-0.2, -0.15) is 0 Å². The fourth-order valence-corrected chi connectivity index (χ4v) is 1.98. The third-order valence-corrected chi connectivity index (χ3v) is 3.45. The van der Waals surface area contributed by atoms with Crippen molar-refractivity contribution in [1.82, 2.24) is 9.88 Å². The Kier molecular flexibility index (Phi) is 4.93. The van der Waals surface area contributed by atoms with Crippen LogP contribution in [0.25, 0.3) is 0 Å². The molecule has 1 aromatic rings. The summed E-state index contributed by atoms with van der Waals surface area (Å²) < 4.78 is 1.30. The maximum Gasteiger partial charge on any atom is 0.326 e. The van der Waals surface area contributed by atoms with Crippen LogP contribution in [-0.4, -0.2) is 27.6 Å². The summed E-state index contributed by atoms with van der Waals surface area (Å²) in [6.45, 7) is 8.38. The Balaban J connectivity index is 3.09. The van der Waals surface area contributed by atoms with Crippen molar-refractivity contribution in [2.75, 3.05) is 0 Å². The average molecular weight is 294 g/mol. The minimum atomic E-state index is -1.17. The number of nitrogens with zero attached hydrogens (tertiary/aromatic N) is 1. The number of carboxylic acids is 1. The van der Waals surface area contributed by atoms with Crippen LogP contribution in [0.3, 0.4) is 0 Å². The maximum atomic E-state index is 12.4. The van der Waals surface area contributed by atoms with Gasteiger partial charge in [-0.15, -0.1) is 0 Å². The molecular formula is C15H22N2O4. The number of pyridine rings is 1. The first kappa shape index (κ1) is 16.9. The van der Waals surface area contributed by atoms with Crippen LogP contribution >= 0.6 is 0 Å². The summed E-state index contributed by atoms with van der Waals surface area (Å²) in [6.07, 6.45) is 1.54. The van der Waals surface area contributed by atoms with E-state index in [1.54, 1.807) is 46.9 Å². The Morgan fingerprint density at radius 1 is 1.33 bits per heavy atom. The van der Waals surface area contributed by atoms with E-state index in [2.05, 4.69) is 5.32 Å². The maximum absolute atomic E-state index is 12.4. The topological polar surface area (TPSA) is 88.4 Å². The van der Waals surface area contributed by atoms with Crippen molar-refractivity contribution in [3.63, 3.8) is 0 Å². The number of amides is 1. The van der Waals surface area contributed by atoms with Gasteiger partial charge in [0.1, 0.15) is 11.6 Å². The summed E-state index contributed by atoms with van der Waals surface area (Å²) in [4.78, 5) is 35.6. The Morgan fingerprint density at radius 2 is 1.90 bits per heavy atom. The fraction of sp³-hybridized carbons (Fsp3) is 0.533. The highest BCUT2D eigenvalue weighted by Gasteiger charge is 2.34. The first-order valence-corrected chi connectivity index (χ1v) is 6.81. The van der Waals surface area contributed by atoms with E-state index in [0.717, 1.165) is 5.56 Å². The molecule has 6 heteroatoms. The second-order valence-electron chi connectivity index (χ2n) is 6.00. The number of hydrogen-bond acceptors (Lipinski definition) is 3. The van der Waals surface area contributed by atoms with E-state index in [1.165, 1.54) is 10.6 Å². The zero-order valence-electron chi connectivity index (χ0n) is 13.0. The van der Waals surface area contributed by atoms with Gasteiger partial charge in [0.2, 0.25) is 5.91 Å². The van der Waals surface area contributed by atoms with E-state index in [4.69, 9.17) is 5.11 Å². The highest BCUT2D eigenvalue weighted by Crippen LogP contribution is 2.14. The van der Waals surface area contributed by atoms with Crippen molar-refractivity contribution >= 4 is 11.9 Å². The number of carbonyl (C=O) groups excluding carboxylic acids is 1. The number of aryl methyl sites for hydroxylation is 1. The molecule has 1 rings (SSSR count). The van der Waals surface area contributed by atoms with Gasteiger partial charge < -0.3 is 15.0 Å². The number of rotatable bonds is 5. The normalized spacial score (nSPS) is 13.0. The molecule has 0 aliphatic rings. The van der Waals surface area contributed by atoms with Crippen LogP contribution in [0, 0.1) is 12.8 Å². The summed E-state index contributed by atoms with van der Waals surface area (Å²) in [5.41, 5.74) is -0.669. The number of carboxylic acid groups (broad SMARTS) is 1. The average Bonchev–Trinajstić information content (AvgIpc) is 2.33. The minimum absolute atomic E-state index is 0.253. The van der Waals surface area contributed by atoms with Gasteiger partial charge in [0, 0.05) is 12.3 Å². The molecule has 0 spiro atoms. The lowest BCUT2D eigenvalue weighted by Gasteiger charge is -2.29. The predicted octanol–water partition coefficient (Wildman–Crippen LogP) is 1.12. The first-order chi connectivity index (χ1) is 9.57. The van der Waals surface area contributed by atoms with Gasteiger partial charge in [0.05, 0.1) is 0 Å². The molecule has 0 fully saturated rings. The molecule has 1 amide bonds. The van der Waals surface area contributed by atoms with Crippen molar-refractivity contribution in [1.29, 1.82) is 0 Å². The third-order valence-electron chi connectivity index (χ3n) is 3.45. The zero-order valence-corrected chi connectivity index (χ0v) is 13.0. The van der Waals surface area contributed by atoms with Gasteiger partial charge in [0.15, 0.2) is 0 Å². The summed E-state index contributed by atoms with van der Waals surface area (Å²) in [6, 6.07) is 2.18. The molecule has 1 heterocycles. The molecule has 116 valence electrons. The lowest BCUT2D eigenvalue weighted by molar-refractivity contribution is -0.144. The van der Waals surface area contributed by atoms with Gasteiger partial charge in [-0.1, -0.05) is 13.8 Å². The lowest BCUT2D eigenvalue weighted by Crippen LogP contribution is -2.54. The molecular weight excluding hydrogens is 272 g/mol. The van der Waals surface area contributed by atoms with E-state index >= 15 is 0 Å². The highest BCUT2D eigenvalue weighted by atomic mass is 16.4. The Labute approximate surface area is 123 Å². The van der Waals surface area contributed by atoms with Gasteiger partial charge in [-0.05, 0) is 38.3 Å². The van der Waals surface area contributed by atoms with Gasteiger partial charge in [0.25, 0.3) is 5.56 Å². The van der Waals surface area contributed by atoms with Crippen LogP contribution in [0.15, 0.2) is 23.1 Å². The molecule has 0 saturated heterocycles. The van der Waals surface area contributed by atoms with E-state index in [-0.39, 0.29) is 11.5 Å². The third kappa shape index (κ3) is 3.71. The van der Waals surface area contributed by atoms with Crippen LogP contribution in [-0.2, 0) is 15.1 Å². The molecule has 0 aliphatic heterocycles. The second kappa shape index (κ2) is 6.11. The Morgan fingerprint density at radius 3 is 2.33 bits per heavy atom. The molecule has 0 bridgehead atoms. The summed E-state index contributed by atoms with van der Waals surface area (Å²) in [7, 11) is 0. The van der Waals surface area contributed by atoms with Crippen LogP contribution < -0.4 is 10.9 Å². The smallest absolute Gasteiger partial charge is 0.326 e.